The van der Waals surface area contributed by atoms with Crippen molar-refractivity contribution in [3.8, 4) is 0 Å². The molecule has 17 heavy (non-hydrogen) atoms. The van der Waals surface area contributed by atoms with Crippen LogP contribution in [0.25, 0.3) is 0 Å². The summed E-state index contributed by atoms with van der Waals surface area (Å²) in [6.07, 6.45) is 1.13. The largest absolute Gasteiger partial charge is 0.363 e. The van der Waals surface area contributed by atoms with Crippen molar-refractivity contribution >= 4 is 11.9 Å². The summed E-state index contributed by atoms with van der Waals surface area (Å²) in [5.74, 6) is -0.631. The van der Waals surface area contributed by atoms with Crippen molar-refractivity contribution in [3.05, 3.63) is 35.9 Å². The van der Waals surface area contributed by atoms with Crippen LogP contribution in [0.1, 0.15) is 37.0 Å². The lowest BCUT2D eigenvalue weighted by Crippen LogP contribution is -2.42. The molecule has 4 nitrogen and oxygen atoms in total. The van der Waals surface area contributed by atoms with Crippen LogP contribution in [-0.4, -0.2) is 22.5 Å². The highest BCUT2D eigenvalue weighted by Crippen LogP contribution is 2.29. The van der Waals surface area contributed by atoms with Gasteiger partial charge in [-0.1, -0.05) is 18.2 Å². The van der Waals surface area contributed by atoms with Gasteiger partial charge in [-0.25, -0.2) is 4.79 Å². The first-order chi connectivity index (χ1) is 8.00. The first-order valence-corrected chi connectivity index (χ1v) is 5.61. The molecule has 1 heterocycles. The van der Waals surface area contributed by atoms with Crippen molar-refractivity contribution in [1.29, 1.82) is 0 Å². The van der Waals surface area contributed by atoms with Gasteiger partial charge >= 0.3 is 5.97 Å². The van der Waals surface area contributed by atoms with Crippen LogP contribution in [0, 0.1) is 0 Å². The second kappa shape index (κ2) is 4.20. The van der Waals surface area contributed by atoms with Crippen molar-refractivity contribution in [2.45, 2.75) is 32.2 Å². The summed E-state index contributed by atoms with van der Waals surface area (Å²) in [4.78, 5) is 28.6. The minimum Gasteiger partial charge on any atom is -0.332 e. The van der Waals surface area contributed by atoms with Crippen LogP contribution in [0.3, 0.4) is 0 Å². The van der Waals surface area contributed by atoms with Gasteiger partial charge in [0, 0.05) is 6.42 Å². The molecule has 4 heteroatoms. The van der Waals surface area contributed by atoms with Gasteiger partial charge in [0.15, 0.2) is 0 Å². The Morgan fingerprint density at radius 3 is 2.47 bits per heavy atom. The summed E-state index contributed by atoms with van der Waals surface area (Å²) in [5.41, 5.74) is 0.0321. The third-order valence-electron chi connectivity index (χ3n) is 2.91. The Balaban J connectivity index is 2.12. The van der Waals surface area contributed by atoms with E-state index in [-0.39, 0.29) is 5.91 Å². The Morgan fingerprint density at radius 1 is 1.29 bits per heavy atom. The molecule has 1 amide bonds. The van der Waals surface area contributed by atoms with Crippen molar-refractivity contribution in [2.75, 3.05) is 0 Å². The lowest BCUT2D eigenvalue weighted by atomic mass is 10.0. The van der Waals surface area contributed by atoms with Crippen LogP contribution < -0.4 is 0 Å². The molecular formula is C13H15NO3. The number of hydrogen-bond donors (Lipinski definition) is 0. The summed E-state index contributed by atoms with van der Waals surface area (Å²) in [5, 5.41) is 1.20. The van der Waals surface area contributed by atoms with Gasteiger partial charge in [0.25, 0.3) is 5.91 Å². The molecule has 0 aromatic heterocycles. The molecule has 1 fully saturated rings. The molecule has 1 aromatic carbocycles. The van der Waals surface area contributed by atoms with E-state index >= 15 is 0 Å². The number of benzene rings is 1. The predicted octanol–water partition coefficient (Wildman–Crippen LogP) is 2.16. The van der Waals surface area contributed by atoms with Gasteiger partial charge in [0.05, 0.1) is 11.1 Å². The average Bonchev–Trinajstić information content (AvgIpc) is 2.57. The predicted molar refractivity (Wildman–Crippen MR) is 62.0 cm³/mol. The van der Waals surface area contributed by atoms with E-state index in [1.165, 1.54) is 5.06 Å². The molecular weight excluding hydrogens is 218 g/mol. The van der Waals surface area contributed by atoms with Gasteiger partial charge in [-0.05, 0) is 32.4 Å². The Hall–Kier alpha value is -1.84. The van der Waals surface area contributed by atoms with E-state index in [1.807, 2.05) is 19.9 Å². The fourth-order valence-corrected chi connectivity index (χ4v) is 1.84. The second-order valence-corrected chi connectivity index (χ2v) is 4.75. The molecule has 0 unspecified atom stereocenters. The maximum absolute atomic E-state index is 11.8. The van der Waals surface area contributed by atoms with Crippen LogP contribution >= 0.6 is 0 Å². The molecule has 1 saturated heterocycles. The Bertz CT molecular complexity index is 439. The molecule has 1 aliphatic heterocycles. The first kappa shape index (κ1) is 11.6. The number of rotatable bonds is 2. The quantitative estimate of drug-likeness (QED) is 0.786. The summed E-state index contributed by atoms with van der Waals surface area (Å²) in [6.45, 7) is 3.77. The van der Waals surface area contributed by atoms with Crippen LogP contribution in [-0.2, 0) is 9.63 Å². The van der Waals surface area contributed by atoms with Gasteiger partial charge in [0.2, 0.25) is 0 Å². The van der Waals surface area contributed by atoms with Gasteiger partial charge in [-0.15, -0.1) is 0 Å². The third kappa shape index (κ3) is 2.30. The Kier molecular flexibility index (Phi) is 2.88. The minimum absolute atomic E-state index is 0.140. The molecule has 1 aromatic rings. The summed E-state index contributed by atoms with van der Waals surface area (Å²) in [6, 6.07) is 8.66. The smallest absolute Gasteiger partial charge is 0.332 e. The van der Waals surface area contributed by atoms with Gasteiger partial charge < -0.3 is 4.84 Å². The number of carbonyl (C=O) groups is 2. The molecule has 0 radical (unpaired) electrons. The number of carbonyl (C=O) groups excluding carboxylic acids is 2. The summed E-state index contributed by atoms with van der Waals surface area (Å²) >= 11 is 0. The van der Waals surface area contributed by atoms with Crippen LogP contribution in [0.4, 0.5) is 0 Å². The molecule has 1 aliphatic rings. The lowest BCUT2D eigenvalue weighted by molar-refractivity contribution is -0.178. The van der Waals surface area contributed by atoms with Crippen molar-refractivity contribution in [2.24, 2.45) is 0 Å². The summed E-state index contributed by atoms with van der Waals surface area (Å²) in [7, 11) is 0. The van der Waals surface area contributed by atoms with E-state index in [2.05, 4.69) is 0 Å². The van der Waals surface area contributed by atoms with Gasteiger partial charge in [-0.3, -0.25) is 4.79 Å². The van der Waals surface area contributed by atoms with E-state index in [0.29, 0.717) is 18.4 Å². The van der Waals surface area contributed by atoms with E-state index < -0.39 is 11.5 Å². The van der Waals surface area contributed by atoms with Crippen molar-refractivity contribution in [1.82, 2.24) is 5.06 Å². The van der Waals surface area contributed by atoms with Crippen LogP contribution in [0.2, 0.25) is 0 Å². The van der Waals surface area contributed by atoms with Crippen LogP contribution in [0.5, 0.6) is 0 Å². The molecule has 0 bridgehead atoms. The van der Waals surface area contributed by atoms with Crippen LogP contribution in [0.15, 0.2) is 30.3 Å². The zero-order chi connectivity index (χ0) is 12.5. The Labute approximate surface area is 100 Å². The highest BCUT2D eigenvalue weighted by molar-refractivity contribution is 5.90. The molecule has 0 atom stereocenters. The van der Waals surface area contributed by atoms with Crippen molar-refractivity contribution in [3.63, 3.8) is 0 Å². The SMILES string of the molecule is CC1(C)CCC(=O)N1OC(=O)c1ccccc1. The third-order valence-corrected chi connectivity index (χ3v) is 2.91. The number of hydroxylamine groups is 2. The normalized spacial score (nSPS) is 18.2. The maximum Gasteiger partial charge on any atom is 0.363 e. The zero-order valence-corrected chi connectivity index (χ0v) is 9.97. The first-order valence-electron chi connectivity index (χ1n) is 5.61. The topological polar surface area (TPSA) is 46.6 Å². The van der Waals surface area contributed by atoms with Crippen molar-refractivity contribution < 1.29 is 14.4 Å². The average molecular weight is 233 g/mol. The fourth-order valence-electron chi connectivity index (χ4n) is 1.84. The summed E-state index contributed by atoms with van der Waals surface area (Å²) < 4.78 is 0. The fraction of sp³-hybridized carbons (Fsp3) is 0.385. The maximum atomic E-state index is 11.8. The van der Waals surface area contributed by atoms with E-state index in [9.17, 15) is 9.59 Å². The zero-order valence-electron chi connectivity index (χ0n) is 9.97. The molecule has 0 aliphatic carbocycles. The highest BCUT2D eigenvalue weighted by Gasteiger charge is 2.41. The second-order valence-electron chi connectivity index (χ2n) is 4.75. The lowest BCUT2D eigenvalue weighted by Gasteiger charge is -2.29. The van der Waals surface area contributed by atoms with Gasteiger partial charge in [0.1, 0.15) is 0 Å². The minimum atomic E-state index is -0.492. The van der Waals surface area contributed by atoms with E-state index in [4.69, 9.17) is 4.84 Å². The van der Waals surface area contributed by atoms with Gasteiger partial charge in [-0.2, -0.15) is 5.06 Å². The molecule has 2 rings (SSSR count). The number of hydrogen-bond acceptors (Lipinski definition) is 3. The van der Waals surface area contributed by atoms with E-state index in [0.717, 1.165) is 0 Å². The monoisotopic (exact) mass is 233 g/mol. The Morgan fingerprint density at radius 2 is 1.94 bits per heavy atom. The molecule has 0 N–H and O–H groups in total. The molecule has 90 valence electrons. The number of amides is 1. The molecule has 0 saturated carbocycles. The van der Waals surface area contributed by atoms with E-state index in [1.54, 1.807) is 24.3 Å². The highest BCUT2D eigenvalue weighted by atomic mass is 16.7. The molecule has 0 spiro atoms. The standard InChI is InChI=1S/C13H15NO3/c1-13(2)9-8-11(15)14(13)17-12(16)10-6-4-3-5-7-10/h3-7H,8-9H2,1-2H3. The number of nitrogens with zero attached hydrogens (tertiary/aromatic N) is 1.